The molecule has 2 aromatic rings. The fraction of sp³-hybridized carbons (Fsp3) is 0.455. The van der Waals surface area contributed by atoms with E-state index in [4.69, 9.17) is 9.47 Å². The second kappa shape index (κ2) is 14.6. The van der Waals surface area contributed by atoms with Crippen LogP contribution in [-0.4, -0.2) is 26.9 Å². The third kappa shape index (κ3) is 9.81. The molecule has 2 rings (SSSR count). The Kier molecular flexibility index (Phi) is 12.6. The van der Waals surface area contributed by atoms with Gasteiger partial charge in [0, 0.05) is 13.2 Å². The highest BCUT2D eigenvalue weighted by atomic mass is 35.5. The average molecular weight is 378 g/mol. The van der Waals surface area contributed by atoms with Crippen molar-refractivity contribution >= 4 is 12.4 Å². The molecule has 3 nitrogen and oxygen atoms in total. The van der Waals surface area contributed by atoms with Gasteiger partial charge in [0.15, 0.2) is 0 Å². The van der Waals surface area contributed by atoms with Crippen molar-refractivity contribution < 1.29 is 9.47 Å². The molecule has 0 spiro atoms. The van der Waals surface area contributed by atoms with Gasteiger partial charge in [0.05, 0.1) is 13.7 Å². The van der Waals surface area contributed by atoms with E-state index in [-0.39, 0.29) is 12.4 Å². The molecule has 4 heteroatoms. The van der Waals surface area contributed by atoms with Gasteiger partial charge >= 0.3 is 0 Å². The van der Waals surface area contributed by atoms with Crippen LogP contribution in [0.5, 0.6) is 5.75 Å². The van der Waals surface area contributed by atoms with Crippen molar-refractivity contribution in [3.63, 3.8) is 0 Å². The highest BCUT2D eigenvalue weighted by Gasteiger charge is 1.96. The van der Waals surface area contributed by atoms with E-state index in [1.165, 1.54) is 30.4 Å². The summed E-state index contributed by atoms with van der Waals surface area (Å²) in [5.74, 6) is 0.905. The highest BCUT2D eigenvalue weighted by molar-refractivity contribution is 5.85. The van der Waals surface area contributed by atoms with Gasteiger partial charge in [0.1, 0.15) is 5.75 Å². The van der Waals surface area contributed by atoms with Crippen LogP contribution in [-0.2, 0) is 17.7 Å². The maximum Gasteiger partial charge on any atom is 0.118 e. The number of hydrogen-bond donors (Lipinski definition) is 1. The summed E-state index contributed by atoms with van der Waals surface area (Å²) in [5, 5.41) is 3.50. The molecular weight excluding hydrogens is 346 g/mol. The molecule has 0 atom stereocenters. The molecule has 26 heavy (non-hydrogen) atoms. The van der Waals surface area contributed by atoms with E-state index in [2.05, 4.69) is 47.8 Å². The maximum absolute atomic E-state index is 5.73. The van der Waals surface area contributed by atoms with Gasteiger partial charge < -0.3 is 14.8 Å². The van der Waals surface area contributed by atoms with E-state index in [0.717, 1.165) is 44.9 Å². The van der Waals surface area contributed by atoms with Gasteiger partial charge in [-0.25, -0.2) is 0 Å². The van der Waals surface area contributed by atoms with E-state index >= 15 is 0 Å². The Morgan fingerprint density at radius 2 is 1.50 bits per heavy atom. The minimum Gasteiger partial charge on any atom is -0.497 e. The Labute approximate surface area is 164 Å². The van der Waals surface area contributed by atoms with Crippen LogP contribution in [0.25, 0.3) is 0 Å². The van der Waals surface area contributed by atoms with Crippen LogP contribution in [0.4, 0.5) is 0 Å². The second-order valence-corrected chi connectivity index (χ2v) is 6.29. The smallest absolute Gasteiger partial charge is 0.118 e. The van der Waals surface area contributed by atoms with Crippen molar-refractivity contribution in [1.82, 2.24) is 5.32 Å². The van der Waals surface area contributed by atoms with Crippen molar-refractivity contribution in [3.8, 4) is 5.75 Å². The molecule has 0 amide bonds. The molecule has 0 bridgehead atoms. The highest BCUT2D eigenvalue weighted by Crippen LogP contribution is 2.11. The third-order valence-corrected chi connectivity index (χ3v) is 4.26. The predicted molar refractivity (Wildman–Crippen MR) is 111 cm³/mol. The zero-order valence-electron chi connectivity index (χ0n) is 15.8. The summed E-state index contributed by atoms with van der Waals surface area (Å²) in [4.78, 5) is 0. The van der Waals surface area contributed by atoms with E-state index in [1.807, 2.05) is 12.1 Å². The first-order valence-electron chi connectivity index (χ1n) is 9.34. The normalized spacial score (nSPS) is 10.3. The number of unbranched alkanes of at least 4 members (excludes halogenated alkanes) is 3. The minimum absolute atomic E-state index is 0. The van der Waals surface area contributed by atoms with Crippen LogP contribution in [0.2, 0.25) is 0 Å². The van der Waals surface area contributed by atoms with Crippen molar-refractivity contribution in [3.05, 3.63) is 65.7 Å². The Hall–Kier alpha value is -1.55. The molecule has 0 saturated heterocycles. The number of hydrogen-bond acceptors (Lipinski definition) is 3. The fourth-order valence-corrected chi connectivity index (χ4v) is 2.72. The van der Waals surface area contributed by atoms with E-state index in [9.17, 15) is 0 Å². The van der Waals surface area contributed by atoms with Gasteiger partial charge in [0.2, 0.25) is 0 Å². The predicted octanol–water partition coefficient (Wildman–Crippen LogP) is 5.03. The van der Waals surface area contributed by atoms with Crippen molar-refractivity contribution in [2.45, 2.75) is 38.6 Å². The molecule has 144 valence electrons. The SMILES string of the molecule is COc1ccc(CCOCCCCCCNCc2ccccc2)cc1.Cl. The lowest BCUT2D eigenvalue weighted by atomic mass is 10.1. The summed E-state index contributed by atoms with van der Waals surface area (Å²) in [6.07, 6.45) is 5.87. The molecule has 0 unspecified atom stereocenters. The number of halogens is 1. The van der Waals surface area contributed by atoms with Gasteiger partial charge in [-0.05, 0) is 49.1 Å². The first-order valence-corrected chi connectivity index (χ1v) is 9.34. The zero-order valence-corrected chi connectivity index (χ0v) is 16.6. The van der Waals surface area contributed by atoms with Crippen LogP contribution in [0.1, 0.15) is 36.8 Å². The number of nitrogens with one attached hydrogen (secondary N) is 1. The molecule has 0 fully saturated rings. The Balaban J connectivity index is 0.00000338. The molecule has 2 aromatic carbocycles. The quantitative estimate of drug-likeness (QED) is 0.497. The first kappa shape index (κ1) is 22.5. The molecule has 1 N–H and O–H groups in total. The third-order valence-electron chi connectivity index (χ3n) is 4.26. The Bertz CT molecular complexity index is 560. The topological polar surface area (TPSA) is 30.5 Å². The van der Waals surface area contributed by atoms with Crippen molar-refractivity contribution in [1.29, 1.82) is 0 Å². The van der Waals surface area contributed by atoms with Gasteiger partial charge in [-0.15, -0.1) is 12.4 Å². The minimum atomic E-state index is 0. The summed E-state index contributed by atoms with van der Waals surface area (Å²) in [6.45, 7) is 3.72. The largest absolute Gasteiger partial charge is 0.497 e. The first-order chi connectivity index (χ1) is 12.4. The van der Waals surface area contributed by atoms with Gasteiger partial charge in [-0.2, -0.15) is 0 Å². The fourth-order valence-electron chi connectivity index (χ4n) is 2.72. The van der Waals surface area contributed by atoms with E-state index in [0.29, 0.717) is 0 Å². The zero-order chi connectivity index (χ0) is 17.6. The molecule has 0 radical (unpaired) electrons. The molecule has 0 heterocycles. The summed E-state index contributed by atoms with van der Waals surface area (Å²) >= 11 is 0. The number of ether oxygens (including phenoxy) is 2. The average Bonchev–Trinajstić information content (AvgIpc) is 2.67. The van der Waals surface area contributed by atoms with E-state index in [1.54, 1.807) is 7.11 Å². The van der Waals surface area contributed by atoms with Gasteiger partial charge in [-0.1, -0.05) is 55.3 Å². The lowest BCUT2D eigenvalue weighted by Crippen LogP contribution is -2.14. The van der Waals surface area contributed by atoms with Gasteiger partial charge in [0.25, 0.3) is 0 Å². The summed E-state index contributed by atoms with van der Waals surface area (Å²) < 4.78 is 10.9. The van der Waals surface area contributed by atoms with E-state index < -0.39 is 0 Å². The molecule has 0 saturated carbocycles. The monoisotopic (exact) mass is 377 g/mol. The van der Waals surface area contributed by atoms with Crippen molar-refractivity contribution in [2.75, 3.05) is 26.9 Å². The molecule has 0 aliphatic carbocycles. The van der Waals surface area contributed by atoms with Crippen LogP contribution < -0.4 is 10.1 Å². The van der Waals surface area contributed by atoms with Crippen LogP contribution >= 0.6 is 12.4 Å². The number of rotatable bonds is 13. The van der Waals surface area contributed by atoms with Crippen molar-refractivity contribution in [2.24, 2.45) is 0 Å². The Morgan fingerprint density at radius 3 is 2.23 bits per heavy atom. The molecule has 0 aliphatic rings. The summed E-state index contributed by atoms with van der Waals surface area (Å²) in [5.41, 5.74) is 2.65. The Morgan fingerprint density at radius 1 is 0.769 bits per heavy atom. The summed E-state index contributed by atoms with van der Waals surface area (Å²) in [7, 11) is 1.69. The van der Waals surface area contributed by atoms with Crippen LogP contribution in [0.15, 0.2) is 54.6 Å². The van der Waals surface area contributed by atoms with Gasteiger partial charge in [-0.3, -0.25) is 0 Å². The standard InChI is InChI=1S/C22H31NO2.ClH/c1-24-22-13-11-20(12-14-22)15-18-25-17-8-3-2-7-16-23-19-21-9-5-4-6-10-21;/h4-6,9-14,23H,2-3,7-8,15-19H2,1H3;1H. The summed E-state index contributed by atoms with van der Waals surface area (Å²) in [6, 6.07) is 18.8. The van der Waals surface area contributed by atoms with Crippen LogP contribution in [0.3, 0.4) is 0 Å². The molecule has 0 aliphatic heterocycles. The molecular formula is C22H32ClNO2. The maximum atomic E-state index is 5.73. The number of benzene rings is 2. The van der Waals surface area contributed by atoms with Crippen LogP contribution in [0, 0.1) is 0 Å². The second-order valence-electron chi connectivity index (χ2n) is 6.29. The lowest BCUT2D eigenvalue weighted by molar-refractivity contribution is 0.133. The number of methoxy groups -OCH3 is 1. The molecule has 0 aromatic heterocycles. The lowest BCUT2D eigenvalue weighted by Gasteiger charge is -2.06.